The molecule has 0 bridgehead atoms. The van der Waals surface area contributed by atoms with E-state index in [9.17, 15) is 8.42 Å². The summed E-state index contributed by atoms with van der Waals surface area (Å²) in [6.45, 7) is 0. The normalized spacial score (nSPS) is 11.8. The van der Waals surface area contributed by atoms with Gasteiger partial charge in [0.1, 0.15) is 0 Å². The minimum atomic E-state index is -2.59. The van der Waals surface area contributed by atoms with Crippen LogP contribution in [0.3, 0.4) is 0 Å². The predicted molar refractivity (Wildman–Crippen MR) is 46.5 cm³/mol. The Morgan fingerprint density at radius 2 is 1.00 bits per heavy atom. The van der Waals surface area contributed by atoms with Crippen LogP contribution in [-0.2, 0) is 20.2 Å². The van der Waals surface area contributed by atoms with E-state index in [2.05, 4.69) is 0 Å². The van der Waals surface area contributed by atoms with Crippen molar-refractivity contribution in [3.8, 4) is 0 Å². The fraction of sp³-hybridized carbons (Fsp3) is 0. The van der Waals surface area contributed by atoms with Gasteiger partial charge in [0.05, 0.1) is 0 Å². The van der Waals surface area contributed by atoms with Crippen molar-refractivity contribution in [2.45, 2.75) is 0 Å². The summed E-state index contributed by atoms with van der Waals surface area (Å²) in [7, 11) is -5.18. The van der Waals surface area contributed by atoms with Crippen LogP contribution >= 0.6 is 0 Å². The van der Waals surface area contributed by atoms with Gasteiger partial charge in [-0.3, -0.25) is 9.11 Å². The SMILES string of the molecule is O=C(O)O.O=S(O)S(=O)O.[NaH].[NaH]. The third-order valence-corrected chi connectivity index (χ3v) is 1.10. The van der Waals surface area contributed by atoms with Gasteiger partial charge in [0.15, 0.2) is 0 Å². The molecule has 0 aromatic carbocycles. The van der Waals surface area contributed by atoms with E-state index in [1.165, 1.54) is 0 Å². The fourth-order valence-corrected chi connectivity index (χ4v) is 0. The van der Waals surface area contributed by atoms with Gasteiger partial charge in [-0.25, -0.2) is 13.2 Å². The van der Waals surface area contributed by atoms with Crippen LogP contribution in [-0.4, -0.2) is 93.0 Å². The molecule has 0 radical (unpaired) electrons. The zero-order valence-electron chi connectivity index (χ0n) is 4.33. The molecule has 0 aromatic rings. The van der Waals surface area contributed by atoms with Crippen LogP contribution in [0, 0.1) is 0 Å². The molecule has 0 saturated heterocycles. The number of hydrogen-bond acceptors (Lipinski definition) is 3. The van der Waals surface area contributed by atoms with Crippen molar-refractivity contribution in [1.82, 2.24) is 0 Å². The summed E-state index contributed by atoms with van der Waals surface area (Å²) in [5.41, 5.74) is 0. The minimum absolute atomic E-state index is 0. The Hall–Kier alpha value is 1.49. The maximum atomic E-state index is 9.26. The van der Waals surface area contributed by atoms with Crippen molar-refractivity contribution in [3.63, 3.8) is 0 Å². The first-order chi connectivity index (χ1) is 4.37. The number of carboxylic acid groups (broad SMARTS) is 2. The van der Waals surface area contributed by atoms with Crippen molar-refractivity contribution in [1.29, 1.82) is 0 Å². The molecule has 12 heavy (non-hydrogen) atoms. The quantitative estimate of drug-likeness (QED) is 0.243. The van der Waals surface area contributed by atoms with Crippen molar-refractivity contribution >= 4 is 85.5 Å². The van der Waals surface area contributed by atoms with Crippen LogP contribution in [0.5, 0.6) is 0 Å². The fourth-order valence-electron chi connectivity index (χ4n) is 0. The third-order valence-electron chi connectivity index (χ3n) is 0.122. The molecule has 0 heterocycles. The van der Waals surface area contributed by atoms with E-state index in [1.807, 2.05) is 0 Å². The van der Waals surface area contributed by atoms with E-state index >= 15 is 0 Å². The van der Waals surface area contributed by atoms with Gasteiger partial charge in [0.2, 0.25) is 0 Å². The van der Waals surface area contributed by atoms with Gasteiger partial charge in [0.25, 0.3) is 20.2 Å². The van der Waals surface area contributed by atoms with Gasteiger partial charge in [-0.15, -0.1) is 0 Å². The van der Waals surface area contributed by atoms with E-state index in [0.717, 1.165) is 0 Å². The molecule has 0 aliphatic rings. The first-order valence-electron chi connectivity index (χ1n) is 1.52. The number of carbonyl (C=O) groups is 1. The number of hydrogen-bond donors (Lipinski definition) is 4. The average molecular weight is 240 g/mol. The van der Waals surface area contributed by atoms with Crippen LogP contribution in [0.4, 0.5) is 4.79 Å². The van der Waals surface area contributed by atoms with Crippen LogP contribution in [0.2, 0.25) is 0 Å². The molecule has 0 amide bonds. The van der Waals surface area contributed by atoms with Crippen LogP contribution < -0.4 is 0 Å². The van der Waals surface area contributed by atoms with Gasteiger partial charge < -0.3 is 10.2 Å². The summed E-state index contributed by atoms with van der Waals surface area (Å²) >= 11 is 0. The summed E-state index contributed by atoms with van der Waals surface area (Å²) < 4.78 is 33.6. The molecule has 0 saturated carbocycles. The van der Waals surface area contributed by atoms with Crippen LogP contribution in [0.1, 0.15) is 0 Å². The standard InChI is InChI=1S/CH2O3.2Na.H2O4S2.2H/c2-1(3)4;;;1-5(2)6(3)4;;/h(H2,2,3,4);;;(H,1,2)(H,3,4);;. The zero-order chi connectivity index (χ0) is 8.73. The second-order valence-electron chi connectivity index (χ2n) is 0.717. The van der Waals surface area contributed by atoms with Gasteiger partial charge in [-0.2, -0.15) is 0 Å². The van der Waals surface area contributed by atoms with Gasteiger partial charge >= 0.3 is 65.3 Å². The zero-order valence-corrected chi connectivity index (χ0v) is 5.96. The molecule has 2 unspecified atom stereocenters. The molecule has 11 heteroatoms. The second kappa shape index (κ2) is 15.0. The van der Waals surface area contributed by atoms with Gasteiger partial charge in [-0.05, 0) is 0 Å². The Morgan fingerprint density at radius 3 is 1.00 bits per heavy atom. The molecule has 4 N–H and O–H groups in total. The Balaban J connectivity index is -0.0000000483. The summed E-state index contributed by atoms with van der Waals surface area (Å²) in [5.74, 6) is 0. The predicted octanol–water partition coefficient (Wildman–Crippen LogP) is -1.73. The molecule has 0 spiro atoms. The average Bonchev–Trinajstić information content (AvgIpc) is 1.63. The van der Waals surface area contributed by atoms with Crippen molar-refractivity contribution in [2.75, 3.05) is 0 Å². The van der Waals surface area contributed by atoms with Crippen molar-refractivity contribution in [3.05, 3.63) is 0 Å². The van der Waals surface area contributed by atoms with Crippen molar-refractivity contribution in [2.24, 2.45) is 0 Å². The summed E-state index contributed by atoms with van der Waals surface area (Å²) in [4.78, 5) is 8.56. The Morgan fingerprint density at radius 1 is 0.917 bits per heavy atom. The molecular formula is CH6Na2O7S2. The molecule has 66 valence electrons. The molecule has 7 nitrogen and oxygen atoms in total. The Labute approximate surface area is 116 Å². The van der Waals surface area contributed by atoms with E-state index in [0.29, 0.717) is 0 Å². The maximum absolute atomic E-state index is 9.26. The first-order valence-corrected chi connectivity index (χ1v) is 4.25. The molecule has 0 aliphatic heterocycles. The second-order valence-corrected chi connectivity index (χ2v) is 3.30. The molecule has 0 aliphatic carbocycles. The van der Waals surface area contributed by atoms with Crippen LogP contribution in [0.25, 0.3) is 0 Å². The Kier molecular flexibility index (Phi) is 29.2. The third kappa shape index (κ3) is 41.9. The Bertz CT molecular complexity index is 141. The monoisotopic (exact) mass is 240 g/mol. The van der Waals surface area contributed by atoms with E-state index in [4.69, 9.17) is 24.1 Å². The van der Waals surface area contributed by atoms with E-state index in [1.54, 1.807) is 0 Å². The molecular weight excluding hydrogens is 234 g/mol. The summed E-state index contributed by atoms with van der Waals surface area (Å²) in [6, 6.07) is 0. The van der Waals surface area contributed by atoms with Gasteiger partial charge in [-0.1, -0.05) is 0 Å². The topological polar surface area (TPSA) is 132 Å². The molecule has 2 atom stereocenters. The first kappa shape index (κ1) is 23.4. The van der Waals surface area contributed by atoms with Crippen molar-refractivity contribution < 1.29 is 32.5 Å². The molecule has 0 aromatic heterocycles. The van der Waals surface area contributed by atoms with Gasteiger partial charge in [0, 0.05) is 0 Å². The molecule has 0 rings (SSSR count). The van der Waals surface area contributed by atoms with E-state index in [-0.39, 0.29) is 59.1 Å². The van der Waals surface area contributed by atoms with E-state index < -0.39 is 26.4 Å². The van der Waals surface area contributed by atoms with Crippen LogP contribution in [0.15, 0.2) is 0 Å². The summed E-state index contributed by atoms with van der Waals surface area (Å²) in [5, 5.41) is 13.9. The summed E-state index contributed by atoms with van der Waals surface area (Å²) in [6.07, 6.45) is -1.83. The number of rotatable bonds is 1. The molecule has 0 fully saturated rings.